The Morgan fingerprint density at radius 3 is 2.14 bits per heavy atom. The highest BCUT2D eigenvalue weighted by atomic mass is 79.9. The number of sulfonamides is 1. The number of hydrogen-bond acceptors (Lipinski definition) is 2. The molecule has 0 heterocycles. The van der Waals surface area contributed by atoms with Crippen molar-refractivity contribution in [1.82, 2.24) is 0 Å². The maximum atomic E-state index is 13.0. The van der Waals surface area contributed by atoms with Gasteiger partial charge in [-0.1, -0.05) is 40.2 Å². The van der Waals surface area contributed by atoms with E-state index in [1.165, 1.54) is 4.31 Å². The van der Waals surface area contributed by atoms with Crippen LogP contribution in [0.4, 0.5) is 5.69 Å². The molecular weight excluding hydrogens is 362 g/mol. The quantitative estimate of drug-likeness (QED) is 0.719. The van der Waals surface area contributed by atoms with Crippen LogP contribution in [-0.2, 0) is 10.0 Å². The van der Waals surface area contributed by atoms with Crippen LogP contribution in [0.5, 0.6) is 0 Å². The second kappa shape index (κ2) is 6.67. The van der Waals surface area contributed by atoms with Crippen LogP contribution in [0.2, 0.25) is 0 Å². The molecule has 0 bridgehead atoms. The van der Waals surface area contributed by atoms with Crippen molar-refractivity contribution < 1.29 is 8.42 Å². The molecule has 0 aliphatic heterocycles. The van der Waals surface area contributed by atoms with Crippen LogP contribution < -0.4 is 4.31 Å². The third kappa shape index (κ3) is 3.25. The van der Waals surface area contributed by atoms with E-state index in [4.69, 9.17) is 0 Å². The van der Waals surface area contributed by atoms with E-state index in [0.717, 1.165) is 15.6 Å². The van der Waals surface area contributed by atoms with E-state index in [1.807, 2.05) is 32.0 Å². The molecule has 0 unspecified atom stereocenters. The largest absolute Gasteiger partial charge is 0.264 e. The van der Waals surface area contributed by atoms with E-state index < -0.39 is 10.0 Å². The Morgan fingerprint density at radius 1 is 1.09 bits per heavy atom. The van der Waals surface area contributed by atoms with Gasteiger partial charge in [0.05, 0.1) is 17.1 Å². The predicted octanol–water partition coefficient (Wildman–Crippen LogP) is 4.45. The van der Waals surface area contributed by atoms with E-state index in [9.17, 15) is 8.42 Å². The maximum absolute atomic E-state index is 13.0. The average molecular weight is 380 g/mol. The summed E-state index contributed by atoms with van der Waals surface area (Å²) in [6.45, 7) is 7.74. The molecule has 0 aliphatic carbocycles. The van der Waals surface area contributed by atoms with Crippen molar-refractivity contribution in [2.45, 2.75) is 18.7 Å². The van der Waals surface area contributed by atoms with Crippen LogP contribution in [0.15, 0.2) is 64.5 Å². The predicted molar refractivity (Wildman–Crippen MR) is 94.8 cm³/mol. The first kappa shape index (κ1) is 16.8. The molecule has 0 spiro atoms. The summed E-state index contributed by atoms with van der Waals surface area (Å²) in [4.78, 5) is 0.264. The molecule has 2 aromatic rings. The number of rotatable bonds is 5. The smallest absolute Gasteiger partial charge is 0.262 e. The highest BCUT2D eigenvalue weighted by Crippen LogP contribution is 2.30. The number of anilines is 1. The van der Waals surface area contributed by atoms with Crippen molar-refractivity contribution >= 4 is 31.6 Å². The van der Waals surface area contributed by atoms with Crippen LogP contribution >= 0.6 is 15.9 Å². The Balaban J connectivity index is 2.61. The molecule has 2 rings (SSSR count). The maximum Gasteiger partial charge on any atom is 0.264 e. The van der Waals surface area contributed by atoms with Crippen molar-refractivity contribution in [1.29, 1.82) is 0 Å². The van der Waals surface area contributed by atoms with Gasteiger partial charge >= 0.3 is 0 Å². The number of para-hydroxylation sites is 1. The molecule has 0 N–H and O–H groups in total. The molecule has 0 saturated carbocycles. The Morgan fingerprint density at radius 2 is 1.64 bits per heavy atom. The van der Waals surface area contributed by atoms with E-state index in [1.54, 1.807) is 30.3 Å². The summed E-state index contributed by atoms with van der Waals surface area (Å²) in [6.07, 6.45) is 1.60. The summed E-state index contributed by atoms with van der Waals surface area (Å²) in [5.74, 6) is 0. The first-order valence-electron chi connectivity index (χ1n) is 6.83. The molecule has 0 amide bonds. The van der Waals surface area contributed by atoms with Gasteiger partial charge < -0.3 is 0 Å². The number of halogens is 1. The molecule has 0 fully saturated rings. The fourth-order valence-electron chi connectivity index (χ4n) is 2.36. The van der Waals surface area contributed by atoms with Crippen LogP contribution in [-0.4, -0.2) is 15.0 Å². The summed E-state index contributed by atoms with van der Waals surface area (Å²) < 4.78 is 28.3. The molecular formula is C17H18BrNO2S. The Kier molecular flexibility index (Phi) is 5.08. The lowest BCUT2D eigenvalue weighted by molar-refractivity contribution is 0.592. The first-order chi connectivity index (χ1) is 10.4. The average Bonchev–Trinajstić information content (AvgIpc) is 2.46. The lowest BCUT2D eigenvalue weighted by atomic mass is 10.1. The van der Waals surface area contributed by atoms with Gasteiger partial charge in [-0.3, -0.25) is 4.31 Å². The summed E-state index contributed by atoms with van der Waals surface area (Å²) >= 11 is 3.32. The summed E-state index contributed by atoms with van der Waals surface area (Å²) in [7, 11) is -3.64. The molecule has 3 nitrogen and oxygen atoms in total. The van der Waals surface area contributed by atoms with Crippen LogP contribution in [0.1, 0.15) is 11.1 Å². The van der Waals surface area contributed by atoms with E-state index >= 15 is 0 Å². The lowest BCUT2D eigenvalue weighted by Crippen LogP contribution is -2.32. The SMILES string of the molecule is C=CCN(c1c(C)cccc1C)S(=O)(=O)c1ccc(Br)cc1. The Bertz CT molecular complexity index is 763. The standard InChI is InChI=1S/C17H18BrNO2S/c1-4-12-19(17-13(2)6-5-7-14(17)3)22(20,21)16-10-8-15(18)9-11-16/h4-11H,1,12H2,2-3H3. The van der Waals surface area contributed by atoms with Gasteiger partial charge in [0, 0.05) is 4.47 Å². The zero-order chi connectivity index (χ0) is 16.3. The molecule has 2 aromatic carbocycles. The van der Waals surface area contributed by atoms with Gasteiger partial charge in [0.15, 0.2) is 0 Å². The molecule has 0 aliphatic rings. The fourth-order valence-corrected chi connectivity index (χ4v) is 4.19. The lowest BCUT2D eigenvalue weighted by Gasteiger charge is -2.26. The molecule has 5 heteroatoms. The van der Waals surface area contributed by atoms with Crippen molar-refractivity contribution in [2.75, 3.05) is 10.8 Å². The number of aryl methyl sites for hydroxylation is 2. The topological polar surface area (TPSA) is 37.4 Å². The third-order valence-electron chi connectivity index (χ3n) is 3.39. The molecule has 0 aromatic heterocycles. The van der Waals surface area contributed by atoms with Crippen molar-refractivity contribution in [2.24, 2.45) is 0 Å². The Hall–Kier alpha value is -1.59. The molecule has 0 radical (unpaired) electrons. The van der Waals surface area contributed by atoms with Crippen molar-refractivity contribution in [3.8, 4) is 0 Å². The normalized spacial score (nSPS) is 11.2. The second-order valence-electron chi connectivity index (χ2n) is 5.02. The minimum absolute atomic E-state index is 0.226. The van der Waals surface area contributed by atoms with E-state index in [2.05, 4.69) is 22.5 Å². The zero-order valence-electron chi connectivity index (χ0n) is 12.6. The van der Waals surface area contributed by atoms with Gasteiger partial charge in [0.25, 0.3) is 10.0 Å². The summed E-state index contributed by atoms with van der Waals surface area (Å²) in [5, 5.41) is 0. The number of benzene rings is 2. The van der Waals surface area contributed by atoms with E-state index in [-0.39, 0.29) is 11.4 Å². The first-order valence-corrected chi connectivity index (χ1v) is 9.06. The third-order valence-corrected chi connectivity index (χ3v) is 5.69. The Labute approximate surface area is 140 Å². The van der Waals surface area contributed by atoms with Crippen LogP contribution in [0.3, 0.4) is 0 Å². The van der Waals surface area contributed by atoms with E-state index in [0.29, 0.717) is 5.69 Å². The number of hydrogen-bond donors (Lipinski definition) is 0. The second-order valence-corrected chi connectivity index (χ2v) is 7.80. The number of nitrogens with zero attached hydrogens (tertiary/aromatic N) is 1. The van der Waals surface area contributed by atoms with Crippen LogP contribution in [0.25, 0.3) is 0 Å². The highest BCUT2D eigenvalue weighted by molar-refractivity contribution is 9.10. The molecule has 0 atom stereocenters. The van der Waals surface area contributed by atoms with Gasteiger partial charge in [-0.05, 0) is 49.2 Å². The van der Waals surface area contributed by atoms with Gasteiger partial charge in [0.1, 0.15) is 0 Å². The summed E-state index contributed by atoms with van der Waals surface area (Å²) in [5.41, 5.74) is 2.55. The van der Waals surface area contributed by atoms with Gasteiger partial charge in [0.2, 0.25) is 0 Å². The minimum Gasteiger partial charge on any atom is -0.262 e. The van der Waals surface area contributed by atoms with Gasteiger partial charge in [-0.2, -0.15) is 0 Å². The summed E-state index contributed by atoms with van der Waals surface area (Å²) in [6, 6.07) is 12.4. The zero-order valence-corrected chi connectivity index (χ0v) is 15.0. The van der Waals surface area contributed by atoms with Crippen molar-refractivity contribution in [3.63, 3.8) is 0 Å². The fraction of sp³-hybridized carbons (Fsp3) is 0.176. The molecule has 0 saturated heterocycles. The molecule has 116 valence electrons. The van der Waals surface area contributed by atoms with Crippen molar-refractivity contribution in [3.05, 3.63) is 70.7 Å². The monoisotopic (exact) mass is 379 g/mol. The van der Waals surface area contributed by atoms with Crippen LogP contribution in [0, 0.1) is 13.8 Å². The minimum atomic E-state index is -3.64. The van der Waals surface area contributed by atoms with Gasteiger partial charge in [-0.15, -0.1) is 6.58 Å². The molecule has 22 heavy (non-hydrogen) atoms. The van der Waals surface area contributed by atoms with Gasteiger partial charge in [-0.25, -0.2) is 8.42 Å². The highest BCUT2D eigenvalue weighted by Gasteiger charge is 2.26.